The van der Waals surface area contributed by atoms with E-state index in [4.69, 9.17) is 0 Å². The minimum Gasteiger partial charge on any atom is -0.322 e. The van der Waals surface area contributed by atoms with Crippen LogP contribution in [0.2, 0.25) is 0 Å². The Bertz CT molecular complexity index is 749. The number of benzene rings is 2. The SMILES string of the molecule is CC(=O)N/C(=C/c1ccccc1)C(=O)Nc1cc(C)ccc1C. The van der Waals surface area contributed by atoms with Crippen LogP contribution in [-0.4, -0.2) is 11.8 Å². The van der Waals surface area contributed by atoms with Crippen LogP contribution in [0.15, 0.2) is 54.2 Å². The van der Waals surface area contributed by atoms with Crippen LogP contribution in [0, 0.1) is 13.8 Å². The zero-order valence-electron chi connectivity index (χ0n) is 13.5. The third kappa shape index (κ3) is 4.81. The summed E-state index contributed by atoms with van der Waals surface area (Å²) >= 11 is 0. The molecule has 0 aromatic heterocycles. The van der Waals surface area contributed by atoms with Crippen molar-refractivity contribution in [3.05, 3.63) is 70.9 Å². The molecule has 2 N–H and O–H groups in total. The fourth-order valence-electron chi connectivity index (χ4n) is 2.12. The van der Waals surface area contributed by atoms with Gasteiger partial charge in [0.15, 0.2) is 0 Å². The molecule has 0 saturated carbocycles. The maximum Gasteiger partial charge on any atom is 0.272 e. The number of aryl methyl sites for hydroxylation is 2. The van der Waals surface area contributed by atoms with Gasteiger partial charge >= 0.3 is 0 Å². The van der Waals surface area contributed by atoms with Gasteiger partial charge in [-0.15, -0.1) is 0 Å². The molecule has 0 aliphatic carbocycles. The van der Waals surface area contributed by atoms with Crippen LogP contribution >= 0.6 is 0 Å². The van der Waals surface area contributed by atoms with Crippen molar-refractivity contribution < 1.29 is 9.59 Å². The molecule has 23 heavy (non-hydrogen) atoms. The highest BCUT2D eigenvalue weighted by Gasteiger charge is 2.12. The fourth-order valence-corrected chi connectivity index (χ4v) is 2.12. The summed E-state index contributed by atoms with van der Waals surface area (Å²) in [7, 11) is 0. The van der Waals surface area contributed by atoms with Gasteiger partial charge in [0.25, 0.3) is 5.91 Å². The van der Waals surface area contributed by atoms with E-state index >= 15 is 0 Å². The molecule has 0 spiro atoms. The van der Waals surface area contributed by atoms with Gasteiger partial charge in [-0.1, -0.05) is 42.5 Å². The first-order chi connectivity index (χ1) is 11.0. The number of nitrogens with one attached hydrogen (secondary N) is 2. The fraction of sp³-hybridized carbons (Fsp3) is 0.158. The molecule has 0 bridgehead atoms. The van der Waals surface area contributed by atoms with Crippen molar-refractivity contribution in [3.8, 4) is 0 Å². The van der Waals surface area contributed by atoms with Gasteiger partial charge in [0, 0.05) is 12.6 Å². The van der Waals surface area contributed by atoms with Crippen LogP contribution in [0.5, 0.6) is 0 Å². The quantitative estimate of drug-likeness (QED) is 0.850. The second-order valence-electron chi connectivity index (χ2n) is 5.42. The maximum atomic E-state index is 12.5. The third-order valence-electron chi connectivity index (χ3n) is 3.31. The largest absolute Gasteiger partial charge is 0.322 e. The average Bonchev–Trinajstić information content (AvgIpc) is 2.51. The lowest BCUT2D eigenvalue weighted by atomic mass is 10.1. The summed E-state index contributed by atoms with van der Waals surface area (Å²) in [4.78, 5) is 23.9. The summed E-state index contributed by atoms with van der Waals surface area (Å²) in [5.41, 5.74) is 3.81. The molecule has 4 nitrogen and oxygen atoms in total. The number of hydrogen-bond acceptors (Lipinski definition) is 2. The number of hydrogen-bond donors (Lipinski definition) is 2. The van der Waals surface area contributed by atoms with Crippen molar-refractivity contribution in [2.75, 3.05) is 5.32 Å². The molecular formula is C19H20N2O2. The highest BCUT2D eigenvalue weighted by Crippen LogP contribution is 2.17. The highest BCUT2D eigenvalue weighted by molar-refractivity contribution is 6.08. The first-order valence-corrected chi connectivity index (χ1v) is 7.38. The number of rotatable bonds is 4. The second-order valence-corrected chi connectivity index (χ2v) is 5.42. The molecule has 4 heteroatoms. The van der Waals surface area contributed by atoms with E-state index < -0.39 is 0 Å². The highest BCUT2D eigenvalue weighted by atomic mass is 16.2. The van der Waals surface area contributed by atoms with Gasteiger partial charge in [0.05, 0.1) is 0 Å². The Hall–Kier alpha value is -2.88. The van der Waals surface area contributed by atoms with Crippen LogP contribution in [-0.2, 0) is 9.59 Å². The Morgan fingerprint density at radius 3 is 2.35 bits per heavy atom. The summed E-state index contributed by atoms with van der Waals surface area (Å²) < 4.78 is 0. The number of amides is 2. The van der Waals surface area contributed by atoms with Crippen molar-refractivity contribution in [1.82, 2.24) is 5.32 Å². The molecule has 118 valence electrons. The van der Waals surface area contributed by atoms with E-state index in [1.807, 2.05) is 62.4 Å². The lowest BCUT2D eigenvalue weighted by Crippen LogP contribution is -2.29. The number of carbonyl (C=O) groups excluding carboxylic acids is 2. The summed E-state index contributed by atoms with van der Waals surface area (Å²) in [6.45, 7) is 5.27. The van der Waals surface area contributed by atoms with Gasteiger partial charge in [0.1, 0.15) is 5.70 Å². The van der Waals surface area contributed by atoms with Crippen molar-refractivity contribution in [1.29, 1.82) is 0 Å². The van der Waals surface area contributed by atoms with E-state index in [1.54, 1.807) is 6.08 Å². The lowest BCUT2D eigenvalue weighted by molar-refractivity contribution is -0.120. The van der Waals surface area contributed by atoms with E-state index in [0.717, 1.165) is 22.4 Å². The van der Waals surface area contributed by atoms with Crippen LogP contribution in [0.4, 0.5) is 5.69 Å². The van der Waals surface area contributed by atoms with Crippen molar-refractivity contribution in [3.63, 3.8) is 0 Å². The molecule has 0 radical (unpaired) electrons. The minimum absolute atomic E-state index is 0.213. The molecule has 2 aromatic rings. The molecule has 2 rings (SSSR count). The number of anilines is 1. The van der Waals surface area contributed by atoms with Gasteiger partial charge in [-0.05, 0) is 42.7 Å². The van der Waals surface area contributed by atoms with Crippen molar-refractivity contribution in [2.24, 2.45) is 0 Å². The lowest BCUT2D eigenvalue weighted by Gasteiger charge is -2.12. The van der Waals surface area contributed by atoms with Gasteiger partial charge < -0.3 is 10.6 Å². The Kier molecular flexibility index (Phi) is 5.31. The molecule has 0 unspecified atom stereocenters. The first kappa shape index (κ1) is 16.5. The molecule has 2 amide bonds. The number of carbonyl (C=O) groups is 2. The second kappa shape index (κ2) is 7.40. The molecule has 0 atom stereocenters. The van der Waals surface area contributed by atoms with Gasteiger partial charge in [0.2, 0.25) is 5.91 Å². The molecule has 0 saturated heterocycles. The molecule has 0 heterocycles. The Morgan fingerprint density at radius 2 is 1.70 bits per heavy atom. The Balaban J connectivity index is 2.28. The summed E-state index contributed by atoms with van der Waals surface area (Å²) in [5.74, 6) is -0.638. The van der Waals surface area contributed by atoms with E-state index in [9.17, 15) is 9.59 Å². The van der Waals surface area contributed by atoms with Crippen LogP contribution < -0.4 is 10.6 Å². The van der Waals surface area contributed by atoms with Crippen LogP contribution in [0.1, 0.15) is 23.6 Å². The maximum absolute atomic E-state index is 12.5. The van der Waals surface area contributed by atoms with Gasteiger partial charge in [-0.2, -0.15) is 0 Å². The normalized spacial score (nSPS) is 11.0. The standard InChI is InChI=1S/C19H20N2O2/c1-13-9-10-14(2)17(11-13)21-19(23)18(20-15(3)22)12-16-7-5-4-6-8-16/h4-12H,1-3H3,(H,20,22)(H,21,23)/b18-12+. The third-order valence-corrected chi connectivity index (χ3v) is 3.31. The summed E-state index contributed by atoms with van der Waals surface area (Å²) in [6.07, 6.45) is 1.65. The van der Waals surface area contributed by atoms with E-state index in [1.165, 1.54) is 6.92 Å². The van der Waals surface area contributed by atoms with E-state index in [-0.39, 0.29) is 17.5 Å². The Morgan fingerprint density at radius 1 is 1.00 bits per heavy atom. The van der Waals surface area contributed by atoms with Crippen LogP contribution in [0.25, 0.3) is 6.08 Å². The van der Waals surface area contributed by atoms with E-state index in [2.05, 4.69) is 10.6 Å². The smallest absolute Gasteiger partial charge is 0.272 e. The van der Waals surface area contributed by atoms with Crippen molar-refractivity contribution in [2.45, 2.75) is 20.8 Å². The van der Waals surface area contributed by atoms with Crippen molar-refractivity contribution >= 4 is 23.6 Å². The predicted molar refractivity (Wildman–Crippen MR) is 92.8 cm³/mol. The minimum atomic E-state index is -0.349. The van der Waals surface area contributed by atoms with Gasteiger partial charge in [-0.25, -0.2) is 0 Å². The zero-order valence-corrected chi connectivity index (χ0v) is 13.5. The molecular weight excluding hydrogens is 288 g/mol. The van der Waals surface area contributed by atoms with E-state index in [0.29, 0.717) is 0 Å². The zero-order chi connectivity index (χ0) is 16.8. The summed E-state index contributed by atoms with van der Waals surface area (Å²) in [5, 5.41) is 5.45. The molecule has 0 aliphatic rings. The predicted octanol–water partition coefficient (Wildman–Crippen LogP) is 3.42. The topological polar surface area (TPSA) is 58.2 Å². The van der Waals surface area contributed by atoms with Gasteiger partial charge in [-0.3, -0.25) is 9.59 Å². The molecule has 0 aliphatic heterocycles. The Labute approximate surface area is 136 Å². The molecule has 0 fully saturated rings. The monoisotopic (exact) mass is 308 g/mol. The van der Waals surface area contributed by atoms with Crippen LogP contribution in [0.3, 0.4) is 0 Å². The first-order valence-electron chi connectivity index (χ1n) is 7.38. The average molecular weight is 308 g/mol. The molecule has 2 aromatic carbocycles. The summed E-state index contributed by atoms with van der Waals surface area (Å²) in [6, 6.07) is 15.2.